The second-order valence-electron chi connectivity index (χ2n) is 5.03. The summed E-state index contributed by atoms with van der Waals surface area (Å²) < 4.78 is 18.8. The SMILES string of the molecule is O=C(OCC(=O)c1ccccc1F)C(=Cc1cccs1)c1cccs1. The lowest BCUT2D eigenvalue weighted by atomic mass is 10.1. The molecule has 2 aromatic heterocycles. The number of Topliss-reactive ketones (excluding diaryl/α,β-unsaturated/α-hetero) is 1. The van der Waals surface area contributed by atoms with Gasteiger partial charge in [0.05, 0.1) is 11.1 Å². The number of ketones is 1. The van der Waals surface area contributed by atoms with E-state index in [0.29, 0.717) is 5.57 Å². The molecule has 6 heteroatoms. The third kappa shape index (κ3) is 4.29. The van der Waals surface area contributed by atoms with Gasteiger partial charge in [-0.2, -0.15) is 0 Å². The fraction of sp³-hybridized carbons (Fsp3) is 0.0526. The van der Waals surface area contributed by atoms with Crippen LogP contribution in [-0.2, 0) is 9.53 Å². The van der Waals surface area contributed by atoms with Crippen LogP contribution in [0.3, 0.4) is 0 Å². The van der Waals surface area contributed by atoms with E-state index in [9.17, 15) is 14.0 Å². The van der Waals surface area contributed by atoms with Crippen LogP contribution in [0.5, 0.6) is 0 Å². The Morgan fingerprint density at radius 2 is 1.76 bits per heavy atom. The fourth-order valence-electron chi connectivity index (χ4n) is 2.15. The molecule has 3 nitrogen and oxygen atoms in total. The molecule has 0 N–H and O–H groups in total. The minimum absolute atomic E-state index is 0.0878. The summed E-state index contributed by atoms with van der Waals surface area (Å²) in [6.45, 7) is -0.507. The highest BCUT2D eigenvalue weighted by atomic mass is 32.1. The predicted octanol–water partition coefficient (Wildman–Crippen LogP) is 4.92. The normalized spacial score (nSPS) is 11.3. The van der Waals surface area contributed by atoms with Gasteiger partial charge in [0.1, 0.15) is 5.82 Å². The van der Waals surface area contributed by atoms with Crippen LogP contribution < -0.4 is 0 Å². The summed E-state index contributed by atoms with van der Waals surface area (Å²) >= 11 is 2.90. The first-order valence-electron chi connectivity index (χ1n) is 7.39. The van der Waals surface area contributed by atoms with Crippen LogP contribution in [0.2, 0.25) is 0 Å². The third-order valence-electron chi connectivity index (χ3n) is 3.34. The van der Waals surface area contributed by atoms with Crippen molar-refractivity contribution in [3.63, 3.8) is 0 Å². The first kappa shape index (κ1) is 17.3. The molecule has 0 aliphatic carbocycles. The van der Waals surface area contributed by atoms with Gasteiger partial charge in [0.2, 0.25) is 5.78 Å². The van der Waals surface area contributed by atoms with Crippen molar-refractivity contribution < 1.29 is 18.7 Å². The largest absolute Gasteiger partial charge is 0.454 e. The Morgan fingerprint density at radius 3 is 2.44 bits per heavy atom. The Hall–Kier alpha value is -2.57. The van der Waals surface area contributed by atoms with Crippen LogP contribution in [0, 0.1) is 5.82 Å². The van der Waals surface area contributed by atoms with E-state index in [0.717, 1.165) is 9.75 Å². The van der Waals surface area contributed by atoms with Crippen LogP contribution in [0.15, 0.2) is 59.3 Å². The zero-order chi connectivity index (χ0) is 17.6. The molecule has 3 aromatic rings. The summed E-state index contributed by atoms with van der Waals surface area (Å²) in [5.74, 6) is -1.82. The summed E-state index contributed by atoms with van der Waals surface area (Å²) in [4.78, 5) is 26.2. The summed E-state index contributed by atoms with van der Waals surface area (Å²) in [6.07, 6.45) is 1.73. The van der Waals surface area contributed by atoms with Crippen LogP contribution in [0.4, 0.5) is 4.39 Å². The Labute approximate surface area is 152 Å². The molecule has 126 valence electrons. The predicted molar refractivity (Wildman–Crippen MR) is 98.2 cm³/mol. The molecule has 0 saturated heterocycles. The Morgan fingerprint density at radius 1 is 1.00 bits per heavy atom. The van der Waals surface area contributed by atoms with Crippen LogP contribution in [0.1, 0.15) is 20.1 Å². The molecule has 3 rings (SSSR count). The lowest BCUT2D eigenvalue weighted by molar-refractivity contribution is -0.135. The van der Waals surface area contributed by atoms with E-state index in [2.05, 4.69) is 0 Å². The molecule has 25 heavy (non-hydrogen) atoms. The smallest absolute Gasteiger partial charge is 0.340 e. The third-order valence-corrected chi connectivity index (χ3v) is 5.07. The van der Waals surface area contributed by atoms with Crippen LogP contribution >= 0.6 is 22.7 Å². The first-order valence-corrected chi connectivity index (χ1v) is 9.15. The molecule has 2 heterocycles. The van der Waals surface area contributed by atoms with Crippen molar-refractivity contribution in [3.05, 3.63) is 80.4 Å². The van der Waals surface area contributed by atoms with E-state index in [1.165, 1.54) is 40.9 Å². The summed E-state index contributed by atoms with van der Waals surface area (Å²) in [7, 11) is 0. The number of thiophene rings is 2. The summed E-state index contributed by atoms with van der Waals surface area (Å²) in [5.41, 5.74) is 0.286. The lowest BCUT2D eigenvalue weighted by Gasteiger charge is -2.07. The van der Waals surface area contributed by atoms with Gasteiger partial charge < -0.3 is 4.74 Å². The van der Waals surface area contributed by atoms with Crippen LogP contribution in [-0.4, -0.2) is 18.4 Å². The molecule has 0 fully saturated rings. The average Bonchev–Trinajstić information content (AvgIpc) is 3.31. The van der Waals surface area contributed by atoms with Crippen molar-refractivity contribution in [1.82, 2.24) is 0 Å². The van der Waals surface area contributed by atoms with E-state index >= 15 is 0 Å². The lowest BCUT2D eigenvalue weighted by Crippen LogP contribution is -2.16. The average molecular weight is 372 g/mol. The molecule has 0 aliphatic heterocycles. The van der Waals surface area contributed by atoms with Gasteiger partial charge in [-0.15, -0.1) is 22.7 Å². The Balaban J connectivity index is 1.75. The molecule has 0 amide bonds. The van der Waals surface area contributed by atoms with Gasteiger partial charge in [-0.3, -0.25) is 4.79 Å². The standard InChI is InChI=1S/C19H13FO3S2/c20-16-7-2-1-6-14(16)17(21)12-23-19(22)15(18-8-4-10-25-18)11-13-5-3-9-24-13/h1-11H,12H2. The maximum atomic E-state index is 13.6. The molecule has 0 unspecified atom stereocenters. The van der Waals surface area contributed by atoms with E-state index < -0.39 is 24.2 Å². The number of hydrogen-bond acceptors (Lipinski definition) is 5. The Kier molecular flexibility index (Phi) is 5.53. The molecule has 0 saturated carbocycles. The second kappa shape index (κ2) is 8.00. The van der Waals surface area contributed by atoms with Crippen molar-refractivity contribution in [2.75, 3.05) is 6.61 Å². The number of carbonyl (C=O) groups excluding carboxylic acids is 2. The zero-order valence-corrected chi connectivity index (χ0v) is 14.6. The van der Waals surface area contributed by atoms with Crippen molar-refractivity contribution in [2.24, 2.45) is 0 Å². The van der Waals surface area contributed by atoms with E-state index in [-0.39, 0.29) is 5.56 Å². The topological polar surface area (TPSA) is 43.4 Å². The molecule has 0 spiro atoms. The highest BCUT2D eigenvalue weighted by Crippen LogP contribution is 2.26. The molecule has 0 radical (unpaired) electrons. The molecule has 0 aliphatic rings. The number of rotatable bonds is 6. The van der Waals surface area contributed by atoms with Gasteiger partial charge >= 0.3 is 5.97 Å². The Bertz CT molecular complexity index is 897. The van der Waals surface area contributed by atoms with Crippen LogP contribution in [0.25, 0.3) is 11.6 Å². The van der Waals surface area contributed by atoms with Crippen molar-refractivity contribution >= 4 is 46.1 Å². The number of esters is 1. The highest BCUT2D eigenvalue weighted by Gasteiger charge is 2.18. The quantitative estimate of drug-likeness (QED) is 0.351. The second-order valence-corrected chi connectivity index (χ2v) is 6.96. The summed E-state index contributed by atoms with van der Waals surface area (Å²) in [5, 5.41) is 3.76. The van der Waals surface area contributed by atoms with Crippen molar-refractivity contribution in [3.8, 4) is 0 Å². The van der Waals surface area contributed by atoms with Crippen molar-refractivity contribution in [2.45, 2.75) is 0 Å². The van der Waals surface area contributed by atoms with Gasteiger partial charge in [0.25, 0.3) is 0 Å². The monoisotopic (exact) mass is 372 g/mol. The van der Waals surface area contributed by atoms with Gasteiger partial charge in [-0.05, 0) is 41.1 Å². The maximum absolute atomic E-state index is 13.6. The number of halogens is 1. The van der Waals surface area contributed by atoms with Gasteiger partial charge in [-0.25, -0.2) is 9.18 Å². The maximum Gasteiger partial charge on any atom is 0.340 e. The molecular formula is C19H13FO3S2. The van der Waals surface area contributed by atoms with Gasteiger partial charge in [0, 0.05) is 9.75 Å². The number of hydrogen-bond donors (Lipinski definition) is 0. The van der Waals surface area contributed by atoms with Gasteiger partial charge in [-0.1, -0.05) is 24.3 Å². The number of benzene rings is 1. The van der Waals surface area contributed by atoms with E-state index in [1.807, 2.05) is 35.0 Å². The minimum atomic E-state index is -0.629. The minimum Gasteiger partial charge on any atom is -0.454 e. The first-order chi connectivity index (χ1) is 12.1. The molecular weight excluding hydrogens is 359 g/mol. The van der Waals surface area contributed by atoms with Crippen molar-refractivity contribution in [1.29, 1.82) is 0 Å². The molecule has 0 bridgehead atoms. The fourth-order valence-corrected chi connectivity index (χ4v) is 3.54. The van der Waals surface area contributed by atoms with E-state index in [1.54, 1.807) is 12.1 Å². The number of ether oxygens (including phenoxy) is 1. The van der Waals surface area contributed by atoms with E-state index in [4.69, 9.17) is 4.74 Å². The molecule has 0 atom stereocenters. The number of carbonyl (C=O) groups is 2. The molecule has 1 aromatic carbocycles. The highest BCUT2D eigenvalue weighted by molar-refractivity contribution is 7.12. The summed E-state index contributed by atoms with van der Waals surface area (Å²) in [6, 6.07) is 13.0. The van der Waals surface area contributed by atoms with Gasteiger partial charge in [0.15, 0.2) is 6.61 Å². The zero-order valence-electron chi connectivity index (χ0n) is 13.0.